The molecule has 1 aliphatic heterocycles. The Balaban J connectivity index is 0.000000617. The van der Waals surface area contributed by atoms with Crippen LogP contribution in [-0.2, 0) is 4.79 Å². The molecule has 76 valence electrons. The van der Waals surface area contributed by atoms with E-state index in [0.29, 0.717) is 6.42 Å². The van der Waals surface area contributed by atoms with Gasteiger partial charge in [-0.3, -0.25) is 4.79 Å². The molecule has 1 N–H and O–H groups in total. The Hall–Kier alpha value is -1.57. The van der Waals surface area contributed by atoms with Crippen molar-refractivity contribution in [3.8, 4) is 0 Å². The molecule has 1 aliphatic rings. The molecule has 0 aromatic heterocycles. The van der Waals surface area contributed by atoms with Crippen molar-refractivity contribution in [3.63, 3.8) is 0 Å². The summed E-state index contributed by atoms with van der Waals surface area (Å²) in [5, 5.41) is 2.82. The van der Waals surface area contributed by atoms with Gasteiger partial charge in [0.2, 0.25) is 5.91 Å². The number of nitrogens with one attached hydrogen (secondary N) is 1. The highest BCUT2D eigenvalue weighted by Gasteiger charge is 2.06. The molecule has 0 saturated heterocycles. The summed E-state index contributed by atoms with van der Waals surface area (Å²) in [6.07, 6.45) is 4.31. The number of para-hydroxylation sites is 1. The first-order chi connectivity index (χ1) is 6.86. The molecular weight excluding hydrogens is 174 g/mol. The first kappa shape index (κ1) is 10.5. The van der Waals surface area contributed by atoms with Gasteiger partial charge in [-0.15, -0.1) is 0 Å². The summed E-state index contributed by atoms with van der Waals surface area (Å²) in [5.74, 6) is 0.0520. The van der Waals surface area contributed by atoms with E-state index in [1.807, 2.05) is 50.3 Å². The quantitative estimate of drug-likeness (QED) is 0.669. The molecule has 1 aromatic rings. The third-order valence-corrected chi connectivity index (χ3v) is 1.84. The zero-order valence-electron chi connectivity index (χ0n) is 8.58. The molecule has 0 bridgehead atoms. The molecule has 0 saturated carbocycles. The fraction of sp³-hybridized carbons (Fsp3) is 0.250. The summed E-state index contributed by atoms with van der Waals surface area (Å²) in [6, 6.07) is 7.76. The molecule has 2 rings (SSSR count). The second-order valence-corrected chi connectivity index (χ2v) is 2.74. The summed E-state index contributed by atoms with van der Waals surface area (Å²) in [5.41, 5.74) is 1.97. The number of fused-ring (bicyclic) bond motifs is 1. The number of carbonyl (C=O) groups is 1. The summed E-state index contributed by atoms with van der Waals surface area (Å²) in [7, 11) is 0. The van der Waals surface area contributed by atoms with E-state index in [4.69, 9.17) is 0 Å². The van der Waals surface area contributed by atoms with E-state index in [1.165, 1.54) is 0 Å². The molecule has 0 aliphatic carbocycles. The van der Waals surface area contributed by atoms with Crippen LogP contribution in [0.5, 0.6) is 0 Å². The van der Waals surface area contributed by atoms with Crippen molar-refractivity contribution in [1.82, 2.24) is 0 Å². The molecule has 0 unspecified atom stereocenters. The third-order valence-electron chi connectivity index (χ3n) is 1.84. The molecule has 0 spiro atoms. The monoisotopic (exact) mass is 191 g/mol. The van der Waals surface area contributed by atoms with Crippen molar-refractivity contribution in [2.45, 2.75) is 20.3 Å². The predicted molar refractivity (Wildman–Crippen MR) is 62.2 cm³/mol. The summed E-state index contributed by atoms with van der Waals surface area (Å²) in [6.45, 7) is 4.00. The minimum atomic E-state index is 0. The van der Waals surface area contributed by atoms with Crippen molar-refractivity contribution >= 4 is 17.7 Å². The van der Waals surface area contributed by atoms with Gasteiger partial charge >= 0.3 is 0 Å². The van der Waals surface area contributed by atoms with Crippen molar-refractivity contribution in [2.75, 3.05) is 5.32 Å². The van der Waals surface area contributed by atoms with E-state index in [1.54, 1.807) is 0 Å². The molecule has 1 amide bonds. The van der Waals surface area contributed by atoms with Gasteiger partial charge in [0.15, 0.2) is 0 Å². The average Bonchev–Trinajstić information content (AvgIpc) is 2.41. The lowest BCUT2D eigenvalue weighted by molar-refractivity contribution is -0.115. The van der Waals surface area contributed by atoms with Gasteiger partial charge in [-0.2, -0.15) is 0 Å². The number of anilines is 1. The number of hydrogen-bond donors (Lipinski definition) is 1. The molecule has 0 atom stereocenters. The van der Waals surface area contributed by atoms with Gasteiger partial charge in [-0.1, -0.05) is 44.2 Å². The highest BCUT2D eigenvalue weighted by atomic mass is 16.1. The Morgan fingerprint density at radius 2 is 2.00 bits per heavy atom. The Bertz CT molecular complexity index is 347. The van der Waals surface area contributed by atoms with Crippen LogP contribution >= 0.6 is 0 Å². The fourth-order valence-electron chi connectivity index (χ4n) is 1.25. The largest absolute Gasteiger partial charge is 0.325 e. The Morgan fingerprint density at radius 1 is 1.29 bits per heavy atom. The number of rotatable bonds is 0. The van der Waals surface area contributed by atoms with Crippen molar-refractivity contribution in [2.24, 2.45) is 0 Å². The molecule has 2 heteroatoms. The van der Waals surface area contributed by atoms with Crippen molar-refractivity contribution in [1.29, 1.82) is 0 Å². The van der Waals surface area contributed by atoms with Crippen LogP contribution in [0.2, 0.25) is 0 Å². The maximum Gasteiger partial charge on any atom is 0.228 e. The third kappa shape index (κ3) is 2.46. The zero-order valence-corrected chi connectivity index (χ0v) is 8.58. The molecule has 1 aromatic carbocycles. The maximum atomic E-state index is 11.1. The van der Waals surface area contributed by atoms with Gasteiger partial charge < -0.3 is 5.32 Å². The summed E-state index contributed by atoms with van der Waals surface area (Å²) >= 11 is 0. The van der Waals surface area contributed by atoms with E-state index < -0.39 is 0 Å². The summed E-state index contributed by atoms with van der Waals surface area (Å²) < 4.78 is 0. The molecule has 0 fully saturated rings. The van der Waals surface area contributed by atoms with Crippen LogP contribution in [0.4, 0.5) is 5.69 Å². The number of benzene rings is 1. The van der Waals surface area contributed by atoms with Gasteiger partial charge in [-0.25, -0.2) is 0 Å². The van der Waals surface area contributed by atoms with Crippen molar-refractivity contribution < 1.29 is 6.22 Å². The summed E-state index contributed by atoms with van der Waals surface area (Å²) in [4.78, 5) is 11.1. The predicted octanol–water partition coefficient (Wildman–Crippen LogP) is 3.31. The van der Waals surface area contributed by atoms with Crippen molar-refractivity contribution in [3.05, 3.63) is 35.9 Å². The zero-order chi connectivity index (χ0) is 10.4. The van der Waals surface area contributed by atoms with E-state index in [2.05, 4.69) is 5.32 Å². The SMILES string of the molecule is CC.O=C1CC=Cc2ccccc2N1.[HH]. The van der Waals surface area contributed by atoms with E-state index >= 15 is 0 Å². The highest BCUT2D eigenvalue weighted by molar-refractivity contribution is 5.96. The van der Waals surface area contributed by atoms with Crippen LogP contribution < -0.4 is 5.32 Å². The second kappa shape index (κ2) is 5.22. The smallest absolute Gasteiger partial charge is 0.228 e. The normalized spacial score (nSPS) is 13.1. The maximum absolute atomic E-state index is 11.1. The molecule has 2 nitrogen and oxygen atoms in total. The lowest BCUT2D eigenvalue weighted by atomic mass is 10.2. The minimum Gasteiger partial charge on any atom is -0.325 e. The first-order valence-corrected chi connectivity index (χ1v) is 4.92. The van der Waals surface area contributed by atoms with Crippen LogP contribution in [0.15, 0.2) is 30.3 Å². The molecular formula is C12H17NO. The van der Waals surface area contributed by atoms with Gasteiger partial charge in [0.05, 0.1) is 0 Å². The second-order valence-electron chi connectivity index (χ2n) is 2.74. The standard InChI is InChI=1S/C10H9NO.C2H6.H2/c12-10-7-3-5-8-4-1-2-6-9(8)11-10;1-2;/h1-6H,7H2,(H,11,12);1-2H3;1H. The number of hydrogen-bond acceptors (Lipinski definition) is 1. The number of carbonyl (C=O) groups excluding carboxylic acids is 1. The Labute approximate surface area is 86.1 Å². The molecule has 1 heterocycles. The van der Waals surface area contributed by atoms with Gasteiger partial charge in [-0.05, 0) is 11.6 Å². The fourth-order valence-corrected chi connectivity index (χ4v) is 1.25. The van der Waals surface area contributed by atoms with Crippen LogP contribution in [0, 0.1) is 0 Å². The first-order valence-electron chi connectivity index (χ1n) is 4.92. The lowest BCUT2D eigenvalue weighted by Gasteiger charge is -2.03. The van der Waals surface area contributed by atoms with Crippen LogP contribution in [0.1, 0.15) is 27.3 Å². The van der Waals surface area contributed by atoms with E-state index in [9.17, 15) is 4.79 Å². The lowest BCUT2D eigenvalue weighted by Crippen LogP contribution is -2.08. The average molecular weight is 191 g/mol. The Morgan fingerprint density at radius 3 is 2.79 bits per heavy atom. The highest BCUT2D eigenvalue weighted by Crippen LogP contribution is 2.19. The van der Waals surface area contributed by atoms with Crippen LogP contribution in [-0.4, -0.2) is 5.91 Å². The van der Waals surface area contributed by atoms with Gasteiger partial charge in [0.25, 0.3) is 0 Å². The van der Waals surface area contributed by atoms with E-state index in [-0.39, 0.29) is 7.33 Å². The van der Waals surface area contributed by atoms with Gasteiger partial charge in [0, 0.05) is 13.5 Å². The topological polar surface area (TPSA) is 29.1 Å². The van der Waals surface area contributed by atoms with Crippen LogP contribution in [0.3, 0.4) is 0 Å². The Kier molecular flexibility index (Phi) is 3.92. The van der Waals surface area contributed by atoms with E-state index in [0.717, 1.165) is 11.3 Å². The van der Waals surface area contributed by atoms with Crippen LogP contribution in [0.25, 0.3) is 6.08 Å². The molecule has 0 radical (unpaired) electrons. The minimum absolute atomic E-state index is 0. The molecule has 14 heavy (non-hydrogen) atoms. The van der Waals surface area contributed by atoms with Gasteiger partial charge in [0.1, 0.15) is 0 Å². The number of amides is 1.